The first kappa shape index (κ1) is 22.2. The second kappa shape index (κ2) is 9.54. The molecule has 2 heterocycles. The van der Waals surface area contributed by atoms with Crippen LogP contribution in [0.15, 0.2) is 29.2 Å². The Morgan fingerprint density at radius 3 is 2.60 bits per heavy atom. The summed E-state index contributed by atoms with van der Waals surface area (Å²) in [4.78, 5) is 38.3. The highest BCUT2D eigenvalue weighted by Gasteiger charge is 2.33. The summed E-state index contributed by atoms with van der Waals surface area (Å²) >= 11 is 0. The van der Waals surface area contributed by atoms with Gasteiger partial charge in [-0.3, -0.25) is 14.4 Å². The van der Waals surface area contributed by atoms with Gasteiger partial charge in [-0.15, -0.1) is 0 Å². The second-order valence-electron chi connectivity index (χ2n) is 7.09. The second-order valence-corrected chi connectivity index (χ2v) is 9.02. The van der Waals surface area contributed by atoms with Crippen molar-refractivity contribution >= 4 is 27.7 Å². The van der Waals surface area contributed by atoms with E-state index in [9.17, 15) is 22.8 Å². The molecule has 0 spiro atoms. The molecule has 1 unspecified atom stereocenters. The smallest absolute Gasteiger partial charge is 0.251 e. The van der Waals surface area contributed by atoms with Crippen molar-refractivity contribution in [2.45, 2.75) is 23.8 Å². The maximum atomic E-state index is 12.8. The Bertz CT molecular complexity index is 913. The Hall–Kier alpha value is -2.50. The van der Waals surface area contributed by atoms with E-state index in [1.54, 1.807) is 0 Å². The lowest BCUT2D eigenvalue weighted by atomic mass is 10.2. The van der Waals surface area contributed by atoms with E-state index in [-0.39, 0.29) is 41.9 Å². The molecule has 1 aromatic rings. The SMILES string of the molecule is CNC(=O)C1CCCN1C(=O)CNC(=O)c1cccc(S(=O)(=O)N2CCOCC2)c1. The zero-order valence-corrected chi connectivity index (χ0v) is 17.6. The van der Waals surface area contributed by atoms with Crippen LogP contribution in [0.25, 0.3) is 0 Å². The predicted molar refractivity (Wildman–Crippen MR) is 107 cm³/mol. The predicted octanol–water partition coefficient (Wildman–Crippen LogP) is -0.826. The van der Waals surface area contributed by atoms with Crippen molar-refractivity contribution in [1.82, 2.24) is 19.8 Å². The Labute approximate surface area is 175 Å². The third-order valence-corrected chi connectivity index (χ3v) is 7.12. The molecule has 30 heavy (non-hydrogen) atoms. The number of rotatable bonds is 6. The van der Waals surface area contributed by atoms with Crippen molar-refractivity contribution < 1.29 is 27.5 Å². The Morgan fingerprint density at radius 1 is 1.17 bits per heavy atom. The van der Waals surface area contributed by atoms with Gasteiger partial charge >= 0.3 is 0 Å². The molecule has 2 fully saturated rings. The molecule has 2 saturated heterocycles. The molecule has 2 aliphatic heterocycles. The molecule has 3 rings (SSSR count). The van der Waals surface area contributed by atoms with Crippen LogP contribution in [0.5, 0.6) is 0 Å². The highest BCUT2D eigenvalue weighted by molar-refractivity contribution is 7.89. The molecule has 0 bridgehead atoms. The van der Waals surface area contributed by atoms with Crippen LogP contribution in [-0.4, -0.2) is 87.8 Å². The molecule has 1 aromatic carbocycles. The summed E-state index contributed by atoms with van der Waals surface area (Å²) in [5.41, 5.74) is 0.140. The van der Waals surface area contributed by atoms with Crippen LogP contribution in [0.3, 0.4) is 0 Å². The standard InChI is InChI=1S/C19H26N4O6S/c1-20-19(26)16-6-3-7-23(16)17(24)13-21-18(25)14-4-2-5-15(12-14)30(27,28)22-8-10-29-11-9-22/h2,4-5,12,16H,3,6-11,13H2,1H3,(H,20,26)(H,21,25). The number of carbonyl (C=O) groups excluding carboxylic acids is 3. The monoisotopic (exact) mass is 438 g/mol. The summed E-state index contributed by atoms with van der Waals surface area (Å²) in [6.07, 6.45) is 1.31. The van der Waals surface area contributed by atoms with Gasteiger partial charge in [0, 0.05) is 32.2 Å². The van der Waals surface area contributed by atoms with Crippen LogP contribution in [0.4, 0.5) is 0 Å². The lowest BCUT2D eigenvalue weighted by Crippen LogP contribution is -2.48. The average Bonchev–Trinajstić information content (AvgIpc) is 3.27. The molecule has 164 valence electrons. The Kier molecular flexibility index (Phi) is 7.06. The van der Waals surface area contributed by atoms with Gasteiger partial charge in [-0.2, -0.15) is 4.31 Å². The molecule has 0 radical (unpaired) electrons. The quantitative estimate of drug-likeness (QED) is 0.598. The summed E-state index contributed by atoms with van der Waals surface area (Å²) in [6.45, 7) is 1.36. The summed E-state index contributed by atoms with van der Waals surface area (Å²) < 4.78 is 32.1. The number of ether oxygens (including phenoxy) is 1. The molecule has 2 aliphatic rings. The van der Waals surface area contributed by atoms with Gasteiger partial charge in [-0.25, -0.2) is 8.42 Å². The van der Waals surface area contributed by atoms with Crippen molar-refractivity contribution in [3.05, 3.63) is 29.8 Å². The van der Waals surface area contributed by atoms with Gasteiger partial charge in [-0.05, 0) is 31.0 Å². The van der Waals surface area contributed by atoms with Crippen LogP contribution >= 0.6 is 0 Å². The van der Waals surface area contributed by atoms with E-state index in [0.29, 0.717) is 26.2 Å². The minimum atomic E-state index is -3.73. The number of amides is 3. The summed E-state index contributed by atoms with van der Waals surface area (Å²) in [5, 5.41) is 5.06. The van der Waals surface area contributed by atoms with Crippen LogP contribution in [-0.2, 0) is 24.3 Å². The molecule has 11 heteroatoms. The van der Waals surface area contributed by atoms with E-state index < -0.39 is 22.0 Å². The van der Waals surface area contributed by atoms with Crippen LogP contribution in [0, 0.1) is 0 Å². The van der Waals surface area contributed by atoms with Crippen molar-refractivity contribution in [3.63, 3.8) is 0 Å². The van der Waals surface area contributed by atoms with Gasteiger partial charge in [0.1, 0.15) is 6.04 Å². The number of nitrogens with one attached hydrogen (secondary N) is 2. The first-order valence-electron chi connectivity index (χ1n) is 9.82. The van der Waals surface area contributed by atoms with Crippen molar-refractivity contribution in [3.8, 4) is 0 Å². The lowest BCUT2D eigenvalue weighted by molar-refractivity contribution is -0.137. The zero-order valence-electron chi connectivity index (χ0n) is 16.8. The number of hydrogen-bond acceptors (Lipinski definition) is 6. The Morgan fingerprint density at radius 2 is 1.90 bits per heavy atom. The van der Waals surface area contributed by atoms with Crippen molar-refractivity contribution in [2.75, 3.05) is 46.4 Å². The molecule has 0 saturated carbocycles. The topological polar surface area (TPSA) is 125 Å². The summed E-state index contributed by atoms with van der Waals surface area (Å²) in [6, 6.07) is 5.19. The van der Waals surface area contributed by atoms with Crippen molar-refractivity contribution in [1.29, 1.82) is 0 Å². The van der Waals surface area contributed by atoms with Crippen LogP contribution in [0.2, 0.25) is 0 Å². The van der Waals surface area contributed by atoms with Gasteiger partial charge in [0.25, 0.3) is 5.91 Å². The first-order chi connectivity index (χ1) is 14.3. The average molecular weight is 439 g/mol. The third-order valence-electron chi connectivity index (χ3n) is 5.23. The number of sulfonamides is 1. The first-order valence-corrected chi connectivity index (χ1v) is 11.3. The van der Waals surface area contributed by atoms with Gasteiger partial charge < -0.3 is 20.3 Å². The largest absolute Gasteiger partial charge is 0.379 e. The fourth-order valence-corrected chi connectivity index (χ4v) is 5.05. The fraction of sp³-hybridized carbons (Fsp3) is 0.526. The number of benzene rings is 1. The number of likely N-dealkylation sites (tertiary alicyclic amines) is 1. The molecule has 2 N–H and O–H groups in total. The van der Waals surface area contributed by atoms with E-state index >= 15 is 0 Å². The van der Waals surface area contributed by atoms with Crippen molar-refractivity contribution in [2.24, 2.45) is 0 Å². The number of likely N-dealkylation sites (N-methyl/N-ethyl adjacent to an activating group) is 1. The van der Waals surface area contributed by atoms with E-state index in [0.717, 1.165) is 6.42 Å². The minimum Gasteiger partial charge on any atom is -0.379 e. The van der Waals surface area contributed by atoms with Gasteiger partial charge in [0.05, 0.1) is 24.7 Å². The number of hydrogen-bond donors (Lipinski definition) is 2. The third kappa shape index (κ3) is 4.79. The maximum Gasteiger partial charge on any atom is 0.251 e. The van der Waals surface area contributed by atoms with Crippen LogP contribution in [0.1, 0.15) is 23.2 Å². The molecular weight excluding hydrogens is 412 g/mol. The van der Waals surface area contributed by atoms with Gasteiger partial charge in [-0.1, -0.05) is 6.07 Å². The molecule has 0 aromatic heterocycles. The van der Waals surface area contributed by atoms with E-state index in [4.69, 9.17) is 4.74 Å². The fourth-order valence-electron chi connectivity index (χ4n) is 3.60. The molecule has 1 atom stereocenters. The van der Waals surface area contributed by atoms with Gasteiger partial charge in [0.2, 0.25) is 21.8 Å². The normalized spacial score (nSPS) is 20.0. The van der Waals surface area contributed by atoms with Crippen LogP contribution < -0.4 is 10.6 Å². The summed E-state index contributed by atoms with van der Waals surface area (Å²) in [7, 11) is -2.21. The van der Waals surface area contributed by atoms with E-state index in [1.807, 2.05) is 0 Å². The number of morpholine rings is 1. The maximum absolute atomic E-state index is 12.8. The van der Waals surface area contributed by atoms with E-state index in [2.05, 4.69) is 10.6 Å². The molecule has 10 nitrogen and oxygen atoms in total. The lowest BCUT2D eigenvalue weighted by Gasteiger charge is -2.26. The number of carbonyl (C=O) groups is 3. The zero-order chi connectivity index (χ0) is 21.7. The number of nitrogens with zero attached hydrogens (tertiary/aromatic N) is 2. The van der Waals surface area contributed by atoms with Gasteiger partial charge in [0.15, 0.2) is 0 Å². The highest BCUT2D eigenvalue weighted by Crippen LogP contribution is 2.19. The Balaban J connectivity index is 1.64. The molecular formula is C19H26N4O6S. The molecule has 0 aliphatic carbocycles. The summed E-state index contributed by atoms with van der Waals surface area (Å²) in [5.74, 6) is -1.14. The molecule has 3 amide bonds. The van der Waals surface area contributed by atoms with E-state index in [1.165, 1.54) is 40.5 Å². The minimum absolute atomic E-state index is 0.0163. The highest BCUT2D eigenvalue weighted by atomic mass is 32.2.